The Bertz CT molecular complexity index is 545. The zero-order valence-electron chi connectivity index (χ0n) is 12.0. The Morgan fingerprint density at radius 1 is 1.32 bits per heavy atom. The maximum Gasteiger partial charge on any atom is 0.146 e. The maximum atomic E-state index is 4.26. The van der Waals surface area contributed by atoms with Crippen molar-refractivity contribution in [2.24, 2.45) is 0 Å². The third-order valence-corrected chi connectivity index (χ3v) is 3.14. The second-order valence-corrected chi connectivity index (χ2v) is 4.74. The van der Waals surface area contributed by atoms with Crippen LogP contribution in [0.15, 0.2) is 24.5 Å². The fourth-order valence-corrected chi connectivity index (χ4v) is 2.07. The lowest BCUT2D eigenvalue weighted by atomic mass is 10.1. The molecule has 0 amide bonds. The van der Waals surface area contributed by atoms with Crippen molar-refractivity contribution in [3.05, 3.63) is 35.9 Å². The van der Waals surface area contributed by atoms with Crippen LogP contribution in [-0.2, 0) is 13.1 Å². The largest absolute Gasteiger partial charge is 0.378 e. The van der Waals surface area contributed by atoms with E-state index in [1.165, 1.54) is 11.3 Å². The summed E-state index contributed by atoms with van der Waals surface area (Å²) in [7, 11) is 4.11. The summed E-state index contributed by atoms with van der Waals surface area (Å²) in [6.07, 6.45) is 1.60. The minimum atomic E-state index is 0.684. The molecule has 0 fully saturated rings. The van der Waals surface area contributed by atoms with E-state index in [9.17, 15) is 0 Å². The lowest BCUT2D eigenvalue weighted by Gasteiger charge is -2.17. The van der Waals surface area contributed by atoms with Gasteiger partial charge in [0.1, 0.15) is 12.2 Å². The van der Waals surface area contributed by atoms with E-state index in [-0.39, 0.29) is 0 Å². The molecule has 0 spiro atoms. The fraction of sp³-hybridized carbons (Fsp3) is 0.429. The van der Waals surface area contributed by atoms with E-state index >= 15 is 0 Å². The maximum absolute atomic E-state index is 4.26. The summed E-state index contributed by atoms with van der Waals surface area (Å²) in [5.74, 6) is 0.953. The van der Waals surface area contributed by atoms with Gasteiger partial charge in [-0.2, -0.15) is 5.10 Å². The first-order valence-electron chi connectivity index (χ1n) is 6.50. The number of benzene rings is 1. The average Bonchev–Trinajstić information content (AvgIpc) is 2.84. The van der Waals surface area contributed by atoms with Crippen LogP contribution in [0.2, 0.25) is 0 Å². The minimum absolute atomic E-state index is 0.684. The van der Waals surface area contributed by atoms with Crippen molar-refractivity contribution in [3.8, 4) is 0 Å². The van der Waals surface area contributed by atoms with Gasteiger partial charge in [-0.15, -0.1) is 0 Å². The van der Waals surface area contributed by atoms with Crippen LogP contribution in [-0.4, -0.2) is 28.9 Å². The van der Waals surface area contributed by atoms with Crippen LogP contribution in [0.4, 0.5) is 11.4 Å². The quantitative estimate of drug-likeness (QED) is 0.895. The van der Waals surface area contributed by atoms with Gasteiger partial charge in [0.25, 0.3) is 0 Å². The Hall–Kier alpha value is -2.04. The monoisotopic (exact) mass is 259 g/mol. The van der Waals surface area contributed by atoms with Crippen molar-refractivity contribution in [3.63, 3.8) is 0 Å². The van der Waals surface area contributed by atoms with Crippen LogP contribution in [0, 0.1) is 6.92 Å². The Morgan fingerprint density at radius 3 is 2.79 bits per heavy atom. The van der Waals surface area contributed by atoms with E-state index in [0.29, 0.717) is 6.54 Å². The molecule has 1 aromatic carbocycles. The highest BCUT2D eigenvalue weighted by Gasteiger charge is 2.05. The summed E-state index contributed by atoms with van der Waals surface area (Å²) >= 11 is 0. The van der Waals surface area contributed by atoms with Crippen LogP contribution in [0.25, 0.3) is 0 Å². The van der Waals surface area contributed by atoms with Crippen molar-refractivity contribution in [2.45, 2.75) is 26.9 Å². The molecule has 1 aromatic heterocycles. The second kappa shape index (κ2) is 5.73. The molecule has 0 aliphatic heterocycles. The molecule has 5 heteroatoms. The number of nitrogens with zero attached hydrogens (tertiary/aromatic N) is 4. The Balaban J connectivity index is 2.10. The number of rotatable bonds is 5. The Labute approximate surface area is 114 Å². The van der Waals surface area contributed by atoms with E-state index in [4.69, 9.17) is 0 Å². The molecular weight excluding hydrogens is 238 g/mol. The predicted molar refractivity (Wildman–Crippen MR) is 78.5 cm³/mol. The number of nitrogens with one attached hydrogen (secondary N) is 1. The van der Waals surface area contributed by atoms with Gasteiger partial charge < -0.3 is 10.2 Å². The Morgan fingerprint density at radius 2 is 2.11 bits per heavy atom. The zero-order valence-corrected chi connectivity index (χ0v) is 12.0. The first kappa shape index (κ1) is 13.4. The highest BCUT2D eigenvalue weighted by atomic mass is 15.3. The topological polar surface area (TPSA) is 46.0 Å². The van der Waals surface area contributed by atoms with Gasteiger partial charge in [0, 0.05) is 32.0 Å². The Kier molecular flexibility index (Phi) is 4.04. The van der Waals surface area contributed by atoms with Gasteiger partial charge >= 0.3 is 0 Å². The van der Waals surface area contributed by atoms with Crippen LogP contribution < -0.4 is 10.2 Å². The SMILES string of the molecule is CCn1ncnc1CNc1ccc(C)c(N(C)C)c1. The molecule has 2 aromatic rings. The summed E-state index contributed by atoms with van der Waals surface area (Å²) in [6, 6.07) is 6.37. The molecule has 5 nitrogen and oxygen atoms in total. The molecule has 0 aliphatic rings. The molecule has 19 heavy (non-hydrogen) atoms. The van der Waals surface area contributed by atoms with E-state index in [1.54, 1.807) is 6.33 Å². The van der Waals surface area contributed by atoms with E-state index in [2.05, 4.69) is 66.4 Å². The third kappa shape index (κ3) is 3.05. The molecule has 0 unspecified atom stereocenters. The van der Waals surface area contributed by atoms with Gasteiger partial charge in [0.15, 0.2) is 0 Å². The van der Waals surface area contributed by atoms with Crippen molar-refractivity contribution in [1.29, 1.82) is 0 Å². The molecule has 0 saturated heterocycles. The van der Waals surface area contributed by atoms with E-state index in [1.807, 2.05) is 4.68 Å². The smallest absolute Gasteiger partial charge is 0.146 e. The van der Waals surface area contributed by atoms with Gasteiger partial charge in [-0.05, 0) is 31.5 Å². The first-order chi connectivity index (χ1) is 9.11. The minimum Gasteiger partial charge on any atom is -0.378 e. The average molecular weight is 259 g/mol. The number of anilines is 2. The van der Waals surface area contributed by atoms with Crippen molar-refractivity contribution < 1.29 is 0 Å². The lowest BCUT2D eigenvalue weighted by molar-refractivity contribution is 0.622. The van der Waals surface area contributed by atoms with Gasteiger partial charge in [-0.25, -0.2) is 9.67 Å². The van der Waals surface area contributed by atoms with Gasteiger partial charge in [0.05, 0.1) is 6.54 Å². The highest BCUT2D eigenvalue weighted by molar-refractivity contribution is 5.61. The molecule has 0 aliphatic carbocycles. The molecule has 0 saturated carbocycles. The van der Waals surface area contributed by atoms with Crippen molar-refractivity contribution >= 4 is 11.4 Å². The van der Waals surface area contributed by atoms with Crippen LogP contribution in [0.5, 0.6) is 0 Å². The summed E-state index contributed by atoms with van der Waals surface area (Å²) in [4.78, 5) is 6.38. The number of hydrogen-bond donors (Lipinski definition) is 1. The molecular formula is C14H21N5. The first-order valence-corrected chi connectivity index (χ1v) is 6.50. The van der Waals surface area contributed by atoms with Crippen LogP contribution >= 0.6 is 0 Å². The zero-order chi connectivity index (χ0) is 13.8. The summed E-state index contributed by atoms with van der Waals surface area (Å²) < 4.78 is 1.90. The van der Waals surface area contributed by atoms with Crippen molar-refractivity contribution in [2.75, 3.05) is 24.3 Å². The van der Waals surface area contributed by atoms with Crippen molar-refractivity contribution in [1.82, 2.24) is 14.8 Å². The van der Waals surface area contributed by atoms with E-state index in [0.717, 1.165) is 18.1 Å². The van der Waals surface area contributed by atoms with Gasteiger partial charge in [-0.3, -0.25) is 0 Å². The summed E-state index contributed by atoms with van der Waals surface area (Å²) in [5, 5.41) is 7.56. The van der Waals surface area contributed by atoms with Gasteiger partial charge in [-0.1, -0.05) is 6.07 Å². The number of aryl methyl sites for hydroxylation is 2. The normalized spacial score (nSPS) is 10.5. The third-order valence-electron chi connectivity index (χ3n) is 3.14. The molecule has 0 atom stereocenters. The summed E-state index contributed by atoms with van der Waals surface area (Å²) in [6.45, 7) is 5.71. The number of aromatic nitrogens is 3. The molecule has 1 N–H and O–H groups in total. The van der Waals surface area contributed by atoms with E-state index < -0.39 is 0 Å². The lowest BCUT2D eigenvalue weighted by Crippen LogP contribution is -2.12. The highest BCUT2D eigenvalue weighted by Crippen LogP contribution is 2.22. The molecule has 1 heterocycles. The van der Waals surface area contributed by atoms with Crippen LogP contribution in [0.1, 0.15) is 18.3 Å². The molecule has 102 valence electrons. The predicted octanol–water partition coefficient (Wildman–Crippen LogP) is 2.28. The fourth-order valence-electron chi connectivity index (χ4n) is 2.07. The second-order valence-electron chi connectivity index (χ2n) is 4.74. The number of hydrogen-bond acceptors (Lipinski definition) is 4. The van der Waals surface area contributed by atoms with Crippen LogP contribution in [0.3, 0.4) is 0 Å². The standard InChI is InChI=1S/C14H21N5/c1-5-19-14(16-10-17-19)9-15-12-7-6-11(2)13(8-12)18(3)4/h6-8,10,15H,5,9H2,1-4H3. The summed E-state index contributed by atoms with van der Waals surface area (Å²) in [5.41, 5.74) is 3.59. The molecule has 0 radical (unpaired) electrons. The van der Waals surface area contributed by atoms with Gasteiger partial charge in [0.2, 0.25) is 0 Å². The molecule has 0 bridgehead atoms. The molecule has 2 rings (SSSR count).